The molecule has 0 radical (unpaired) electrons. The van der Waals surface area contributed by atoms with E-state index < -0.39 is 18.2 Å². The highest BCUT2D eigenvalue weighted by atomic mass is 35.5. The molecule has 1 aliphatic carbocycles. The largest absolute Gasteiger partial charge is 0.388 e. The number of anilines is 3. The molecule has 0 bridgehead atoms. The first kappa shape index (κ1) is 35.2. The summed E-state index contributed by atoms with van der Waals surface area (Å²) in [6.45, 7) is 9.15. The molecule has 2 amide bonds. The van der Waals surface area contributed by atoms with Crippen LogP contribution >= 0.6 is 11.6 Å². The van der Waals surface area contributed by atoms with E-state index in [1.54, 1.807) is 23.3 Å². The highest BCUT2D eigenvalue weighted by Gasteiger charge is 2.44. The van der Waals surface area contributed by atoms with Crippen LogP contribution < -0.4 is 25.8 Å². The summed E-state index contributed by atoms with van der Waals surface area (Å²) in [5.74, 6) is 2.04. The van der Waals surface area contributed by atoms with E-state index in [2.05, 4.69) is 56.6 Å². The Morgan fingerprint density at radius 1 is 0.961 bits per heavy atom. The van der Waals surface area contributed by atoms with Crippen molar-refractivity contribution in [3.63, 3.8) is 0 Å². The lowest BCUT2D eigenvalue weighted by Crippen LogP contribution is -2.50. The number of hydrogen-bond acceptors (Lipinski definition) is 11. The van der Waals surface area contributed by atoms with Crippen LogP contribution in [-0.2, 0) is 6.42 Å². The summed E-state index contributed by atoms with van der Waals surface area (Å²) in [5, 5.41) is 37.3. The number of carbonyl (C=O) groups excluding carboxylic acids is 1. The van der Waals surface area contributed by atoms with Gasteiger partial charge in [-0.25, -0.2) is 14.8 Å². The number of fused-ring (bicyclic) bond motifs is 1. The molecule has 0 aromatic carbocycles. The number of aryl methyl sites for hydroxylation is 1. The molecule has 16 heteroatoms. The number of nitrogens with zero attached hydrogens (tertiary/aromatic N) is 9. The van der Waals surface area contributed by atoms with Gasteiger partial charge in [-0.15, -0.1) is 0 Å². The molecule has 0 unspecified atom stereocenters. The molecule has 4 aromatic heterocycles. The number of hydrogen-bond donors (Lipinski definition) is 5. The van der Waals surface area contributed by atoms with Crippen LogP contribution in [0.2, 0.25) is 5.15 Å². The Hall–Kier alpha value is -4.21. The Kier molecular flexibility index (Phi) is 10.5. The maximum absolute atomic E-state index is 13.1. The fourth-order valence-electron chi connectivity index (χ4n) is 7.64. The molecule has 7 rings (SSSR count). The quantitative estimate of drug-likeness (QED) is 0.143. The Bertz CT molecular complexity index is 1810. The van der Waals surface area contributed by atoms with Crippen molar-refractivity contribution in [2.24, 2.45) is 0 Å². The lowest BCUT2D eigenvalue weighted by atomic mass is 10.1. The molecule has 1 saturated carbocycles. The lowest BCUT2D eigenvalue weighted by molar-refractivity contribution is 0.00721. The first-order valence-electron chi connectivity index (χ1n) is 18.3. The van der Waals surface area contributed by atoms with E-state index in [1.165, 1.54) is 0 Å². The summed E-state index contributed by atoms with van der Waals surface area (Å²) in [6.07, 6.45) is 8.94. The van der Waals surface area contributed by atoms with Gasteiger partial charge in [0, 0.05) is 50.5 Å². The highest BCUT2D eigenvalue weighted by molar-refractivity contribution is 6.29. The van der Waals surface area contributed by atoms with Gasteiger partial charge in [0.2, 0.25) is 5.95 Å². The van der Waals surface area contributed by atoms with E-state index >= 15 is 0 Å². The Balaban J connectivity index is 1.04. The molecule has 5 atom stereocenters. The third-order valence-electron chi connectivity index (χ3n) is 10.8. The number of aliphatic hydroxyl groups is 2. The predicted molar refractivity (Wildman–Crippen MR) is 196 cm³/mol. The van der Waals surface area contributed by atoms with Gasteiger partial charge in [0.25, 0.3) is 0 Å². The monoisotopic (exact) mass is 720 g/mol. The van der Waals surface area contributed by atoms with Gasteiger partial charge in [0.1, 0.15) is 23.2 Å². The number of nitrogens with one attached hydrogen (secondary N) is 3. The van der Waals surface area contributed by atoms with Crippen LogP contribution in [0.1, 0.15) is 76.9 Å². The van der Waals surface area contributed by atoms with Gasteiger partial charge >= 0.3 is 6.03 Å². The zero-order valence-corrected chi connectivity index (χ0v) is 30.2. The molecule has 4 aromatic rings. The Morgan fingerprint density at radius 2 is 1.69 bits per heavy atom. The second-order valence-corrected chi connectivity index (χ2v) is 14.4. The minimum absolute atomic E-state index is 0.0740. The number of urea groups is 1. The van der Waals surface area contributed by atoms with Crippen LogP contribution in [-0.4, -0.2) is 107 Å². The number of imidazole rings is 1. The summed E-state index contributed by atoms with van der Waals surface area (Å²) < 4.78 is 3.64. The number of halogens is 1. The second-order valence-electron chi connectivity index (χ2n) is 14.0. The van der Waals surface area contributed by atoms with Crippen LogP contribution in [0.3, 0.4) is 0 Å². The molecular formula is C35H49ClN12O3. The van der Waals surface area contributed by atoms with Crippen molar-refractivity contribution in [3.8, 4) is 0 Å². The molecular weight excluding hydrogens is 672 g/mol. The number of pyridine rings is 1. The molecule has 15 nitrogen and oxygen atoms in total. The van der Waals surface area contributed by atoms with Crippen molar-refractivity contribution in [1.82, 2.24) is 44.9 Å². The van der Waals surface area contributed by atoms with Gasteiger partial charge < -0.3 is 40.5 Å². The maximum Gasteiger partial charge on any atom is 0.315 e. The molecule has 5 N–H and O–H groups in total. The SMILES string of the molecule is CCc1cnn([C@H]2C[C@@H](n3cnc4c(NC(CC)CC)nc(N5CC[C@@H](NC(=O)NC6CCN(c7cccc(Cl)n7)CC6)C5)nc43)[C@H](O)[C@@H]2O)c1. The molecule has 3 aliphatic rings. The Morgan fingerprint density at radius 3 is 2.41 bits per heavy atom. The van der Waals surface area contributed by atoms with Gasteiger partial charge in [-0.1, -0.05) is 38.4 Å². The molecule has 2 aliphatic heterocycles. The molecule has 6 heterocycles. The van der Waals surface area contributed by atoms with Crippen molar-refractivity contribution < 1.29 is 15.0 Å². The molecule has 0 spiro atoms. The van der Waals surface area contributed by atoms with Crippen LogP contribution in [0, 0.1) is 0 Å². The molecule has 3 fully saturated rings. The standard InChI is InChI=1S/C35H49ClN12O3/c1-4-21-17-38-48(18-21)26-16-25(30(49)31(26)50)47-20-37-29-32(39-22(5-2)6-3)43-34(44-33(29)47)46-15-12-24(19-46)41-35(51)40-23-10-13-45(14-11-23)28-9-7-8-27(36)42-28/h7-9,17-18,20,22-26,30-31,49-50H,4-6,10-16,19H2,1-3H3,(H,39,43,44)(H2,40,41,51)/t24-,25-,26+,30+,31-/m1/s1. The third-order valence-corrected chi connectivity index (χ3v) is 11.0. The first-order valence-corrected chi connectivity index (χ1v) is 18.7. The number of amides is 2. The maximum atomic E-state index is 13.1. The minimum atomic E-state index is -1.03. The summed E-state index contributed by atoms with van der Waals surface area (Å²) in [5.41, 5.74) is 2.29. The van der Waals surface area contributed by atoms with Crippen molar-refractivity contribution in [2.45, 2.75) is 108 Å². The number of aromatic nitrogens is 7. The van der Waals surface area contributed by atoms with Gasteiger partial charge in [-0.3, -0.25) is 4.68 Å². The predicted octanol–water partition coefficient (Wildman–Crippen LogP) is 3.69. The highest BCUT2D eigenvalue weighted by Crippen LogP contribution is 2.40. The zero-order valence-electron chi connectivity index (χ0n) is 29.5. The van der Waals surface area contributed by atoms with E-state index in [-0.39, 0.29) is 30.2 Å². The average Bonchev–Trinajstić information content (AvgIpc) is 3.95. The topological polar surface area (TPSA) is 174 Å². The normalized spacial score (nSPS) is 24.2. The van der Waals surface area contributed by atoms with Crippen molar-refractivity contribution in [2.75, 3.05) is 41.3 Å². The summed E-state index contributed by atoms with van der Waals surface area (Å²) >= 11 is 6.08. The smallest absolute Gasteiger partial charge is 0.315 e. The third kappa shape index (κ3) is 7.42. The molecule has 51 heavy (non-hydrogen) atoms. The van der Waals surface area contributed by atoms with Crippen molar-refractivity contribution in [3.05, 3.63) is 47.6 Å². The van der Waals surface area contributed by atoms with Crippen LogP contribution in [0.15, 0.2) is 36.9 Å². The van der Waals surface area contributed by atoms with Crippen molar-refractivity contribution in [1.29, 1.82) is 0 Å². The first-order chi connectivity index (χ1) is 24.7. The number of piperidine rings is 1. The minimum Gasteiger partial charge on any atom is -0.388 e. The van der Waals surface area contributed by atoms with E-state index in [4.69, 9.17) is 26.6 Å². The number of rotatable bonds is 11. The molecule has 274 valence electrons. The second kappa shape index (κ2) is 15.2. The van der Waals surface area contributed by atoms with E-state index in [0.29, 0.717) is 47.6 Å². The van der Waals surface area contributed by atoms with Gasteiger partial charge in [-0.2, -0.15) is 15.1 Å². The van der Waals surface area contributed by atoms with Crippen LogP contribution in [0.5, 0.6) is 0 Å². The van der Waals surface area contributed by atoms with E-state index in [0.717, 1.165) is 63.0 Å². The van der Waals surface area contributed by atoms with Crippen LogP contribution in [0.4, 0.5) is 22.4 Å². The number of aliphatic hydroxyl groups excluding tert-OH is 2. The number of carbonyl (C=O) groups is 1. The van der Waals surface area contributed by atoms with E-state index in [9.17, 15) is 15.0 Å². The molecule has 2 saturated heterocycles. The fourth-order valence-corrected chi connectivity index (χ4v) is 7.80. The van der Waals surface area contributed by atoms with Gasteiger partial charge in [-0.05, 0) is 62.6 Å². The lowest BCUT2D eigenvalue weighted by Gasteiger charge is -2.33. The van der Waals surface area contributed by atoms with E-state index in [1.807, 2.05) is 22.9 Å². The van der Waals surface area contributed by atoms with Gasteiger partial charge in [0.15, 0.2) is 17.0 Å². The average molecular weight is 721 g/mol. The fraction of sp³-hybridized carbons (Fsp3) is 0.600. The zero-order chi connectivity index (χ0) is 35.6. The van der Waals surface area contributed by atoms with Gasteiger partial charge in [0.05, 0.1) is 24.6 Å². The summed E-state index contributed by atoms with van der Waals surface area (Å²) in [7, 11) is 0. The summed E-state index contributed by atoms with van der Waals surface area (Å²) in [6, 6.07) is 4.82. The van der Waals surface area contributed by atoms with Crippen molar-refractivity contribution >= 4 is 46.4 Å². The van der Waals surface area contributed by atoms with Crippen LogP contribution in [0.25, 0.3) is 11.2 Å². The Labute approximate surface area is 302 Å². The summed E-state index contributed by atoms with van der Waals surface area (Å²) in [4.78, 5) is 36.5.